The van der Waals surface area contributed by atoms with Crippen LogP contribution in [0.5, 0.6) is 5.75 Å². The van der Waals surface area contributed by atoms with Crippen molar-refractivity contribution in [3.05, 3.63) is 28.3 Å². The van der Waals surface area contributed by atoms with Gasteiger partial charge in [-0.05, 0) is 39.7 Å². The van der Waals surface area contributed by atoms with Gasteiger partial charge in [0.15, 0.2) is 5.75 Å². The molecule has 0 saturated carbocycles. The monoisotopic (exact) mass is 365 g/mol. The van der Waals surface area contributed by atoms with Crippen molar-refractivity contribution in [2.24, 2.45) is 0 Å². The molecule has 1 aromatic carbocycles. The number of nitro benzene ring substituents is 1. The van der Waals surface area contributed by atoms with Gasteiger partial charge in [0.2, 0.25) is 0 Å². The summed E-state index contributed by atoms with van der Waals surface area (Å²) in [4.78, 5) is 26.6. The van der Waals surface area contributed by atoms with Crippen molar-refractivity contribution in [3.63, 3.8) is 0 Å². The van der Waals surface area contributed by atoms with E-state index < -0.39 is 10.5 Å². The van der Waals surface area contributed by atoms with Crippen LogP contribution < -0.4 is 9.64 Å². The van der Waals surface area contributed by atoms with Gasteiger partial charge in [-0.1, -0.05) is 0 Å². The molecule has 26 heavy (non-hydrogen) atoms. The molecule has 1 amide bonds. The third-order valence-corrected chi connectivity index (χ3v) is 4.42. The van der Waals surface area contributed by atoms with Crippen molar-refractivity contribution in [2.45, 2.75) is 45.3 Å². The van der Waals surface area contributed by atoms with E-state index in [0.717, 1.165) is 31.6 Å². The zero-order valence-electron chi connectivity index (χ0n) is 16.0. The average molecular weight is 365 g/mol. The molecule has 0 unspecified atom stereocenters. The largest absolute Gasteiger partial charge is 0.490 e. The minimum Gasteiger partial charge on any atom is -0.490 e. The first-order chi connectivity index (χ1) is 12.1. The quantitative estimate of drug-likeness (QED) is 0.600. The number of rotatable bonds is 4. The molecule has 1 saturated heterocycles. The van der Waals surface area contributed by atoms with Crippen LogP contribution in [0.15, 0.2) is 18.2 Å². The van der Waals surface area contributed by atoms with Crippen LogP contribution in [0.2, 0.25) is 0 Å². The Labute approximate surface area is 153 Å². The highest BCUT2D eigenvalue weighted by Gasteiger charge is 2.29. The Hall–Kier alpha value is -2.51. The minimum atomic E-state index is -0.513. The highest BCUT2D eigenvalue weighted by molar-refractivity contribution is 5.68. The number of carbonyl (C=O) groups excluding carboxylic acids is 1. The first-order valence-corrected chi connectivity index (χ1v) is 8.65. The molecular formula is C18H27N3O5. The van der Waals surface area contributed by atoms with E-state index in [1.54, 1.807) is 24.1 Å². The molecule has 1 aliphatic heterocycles. The summed E-state index contributed by atoms with van der Waals surface area (Å²) < 4.78 is 10.6. The molecule has 8 nitrogen and oxygen atoms in total. The molecule has 8 heteroatoms. The van der Waals surface area contributed by atoms with Crippen LogP contribution >= 0.6 is 0 Å². The fourth-order valence-corrected chi connectivity index (χ4v) is 3.01. The number of amides is 1. The summed E-state index contributed by atoms with van der Waals surface area (Å²) in [7, 11) is 3.19. The van der Waals surface area contributed by atoms with E-state index in [9.17, 15) is 14.9 Å². The van der Waals surface area contributed by atoms with Gasteiger partial charge in [-0.25, -0.2) is 4.79 Å². The molecule has 0 N–H and O–H groups in total. The topological polar surface area (TPSA) is 85.2 Å². The molecule has 0 atom stereocenters. The summed E-state index contributed by atoms with van der Waals surface area (Å²) in [5.41, 5.74) is 0.322. The van der Waals surface area contributed by atoms with Gasteiger partial charge in [0.05, 0.1) is 12.0 Å². The van der Waals surface area contributed by atoms with E-state index in [2.05, 4.69) is 4.90 Å². The summed E-state index contributed by atoms with van der Waals surface area (Å²) >= 11 is 0. The van der Waals surface area contributed by atoms with E-state index in [1.807, 2.05) is 20.8 Å². The van der Waals surface area contributed by atoms with Crippen molar-refractivity contribution in [3.8, 4) is 5.75 Å². The molecule has 1 aliphatic rings. The molecule has 1 heterocycles. The highest BCUT2D eigenvalue weighted by Crippen LogP contribution is 2.32. The normalized spacial score (nSPS) is 15.5. The van der Waals surface area contributed by atoms with Gasteiger partial charge in [0.1, 0.15) is 5.60 Å². The lowest BCUT2D eigenvalue weighted by Gasteiger charge is -2.38. The molecule has 0 bridgehead atoms. The molecule has 0 radical (unpaired) electrons. The SMILES string of the molecule is COc1cc(N2CCC(N(C)C(=O)OC(C)(C)C)CC2)ccc1[N+](=O)[O-]. The Kier molecular flexibility index (Phi) is 5.94. The second-order valence-corrected chi connectivity index (χ2v) is 7.42. The van der Waals surface area contributed by atoms with Gasteiger partial charge < -0.3 is 19.3 Å². The standard InChI is InChI=1S/C18H27N3O5/c1-18(2,3)26-17(22)19(4)13-8-10-20(11-9-13)14-6-7-15(21(23)24)16(12-14)25-5/h6-7,12-13H,8-11H2,1-5H3. The lowest BCUT2D eigenvalue weighted by molar-refractivity contribution is -0.385. The highest BCUT2D eigenvalue weighted by atomic mass is 16.6. The van der Waals surface area contributed by atoms with E-state index in [4.69, 9.17) is 9.47 Å². The predicted octanol–water partition coefficient (Wildman–Crippen LogP) is 3.44. The number of nitrogens with zero attached hydrogens (tertiary/aromatic N) is 3. The molecule has 144 valence electrons. The first-order valence-electron chi connectivity index (χ1n) is 8.65. The summed E-state index contributed by atoms with van der Waals surface area (Å²) in [5.74, 6) is 0.250. The van der Waals surface area contributed by atoms with Crippen molar-refractivity contribution in [2.75, 3.05) is 32.1 Å². The van der Waals surface area contributed by atoms with Gasteiger partial charge in [-0.2, -0.15) is 0 Å². The Morgan fingerprint density at radius 1 is 1.31 bits per heavy atom. The van der Waals surface area contributed by atoms with Crippen molar-refractivity contribution in [1.82, 2.24) is 4.90 Å². The maximum Gasteiger partial charge on any atom is 0.410 e. The van der Waals surface area contributed by atoms with Crippen LogP contribution in [0.25, 0.3) is 0 Å². The third-order valence-electron chi connectivity index (χ3n) is 4.42. The number of hydrogen-bond donors (Lipinski definition) is 0. The molecule has 2 rings (SSSR count). The average Bonchev–Trinajstić information content (AvgIpc) is 2.59. The minimum absolute atomic E-state index is 0.0456. The van der Waals surface area contributed by atoms with Crippen LogP contribution in [-0.2, 0) is 4.74 Å². The van der Waals surface area contributed by atoms with E-state index >= 15 is 0 Å². The molecule has 1 fully saturated rings. The molecule has 0 spiro atoms. The second-order valence-electron chi connectivity index (χ2n) is 7.42. The Morgan fingerprint density at radius 3 is 2.42 bits per heavy atom. The maximum absolute atomic E-state index is 12.2. The van der Waals surface area contributed by atoms with Crippen LogP contribution in [0.1, 0.15) is 33.6 Å². The summed E-state index contributed by atoms with van der Waals surface area (Å²) in [5, 5.41) is 11.0. The molecule has 0 aromatic heterocycles. The lowest BCUT2D eigenvalue weighted by atomic mass is 10.0. The fourth-order valence-electron chi connectivity index (χ4n) is 3.01. The predicted molar refractivity (Wildman–Crippen MR) is 98.9 cm³/mol. The van der Waals surface area contributed by atoms with Crippen LogP contribution in [0, 0.1) is 10.1 Å². The molecule has 0 aliphatic carbocycles. The number of benzene rings is 1. The Balaban J connectivity index is 2.00. The molecule has 1 aromatic rings. The number of carbonyl (C=O) groups is 1. The summed E-state index contributed by atoms with van der Waals surface area (Å²) in [6.45, 7) is 7.05. The Morgan fingerprint density at radius 2 is 1.92 bits per heavy atom. The summed E-state index contributed by atoms with van der Waals surface area (Å²) in [6.07, 6.45) is 1.29. The maximum atomic E-state index is 12.2. The van der Waals surface area contributed by atoms with E-state index in [1.165, 1.54) is 13.2 Å². The van der Waals surface area contributed by atoms with Crippen molar-refractivity contribution >= 4 is 17.5 Å². The number of methoxy groups -OCH3 is 1. The lowest BCUT2D eigenvalue weighted by Crippen LogP contribution is -2.47. The fraction of sp³-hybridized carbons (Fsp3) is 0.611. The van der Waals surface area contributed by atoms with Crippen LogP contribution in [-0.4, -0.2) is 54.8 Å². The van der Waals surface area contributed by atoms with Gasteiger partial charge in [-0.15, -0.1) is 0 Å². The van der Waals surface area contributed by atoms with Gasteiger partial charge in [0, 0.05) is 44.0 Å². The number of nitro groups is 1. The van der Waals surface area contributed by atoms with E-state index in [0.29, 0.717) is 0 Å². The molecular weight excluding hydrogens is 338 g/mol. The smallest absolute Gasteiger partial charge is 0.410 e. The third kappa shape index (κ3) is 4.77. The van der Waals surface area contributed by atoms with Crippen molar-refractivity contribution < 1.29 is 19.2 Å². The zero-order chi connectivity index (χ0) is 19.5. The second kappa shape index (κ2) is 7.80. The number of anilines is 1. The zero-order valence-corrected chi connectivity index (χ0v) is 16.0. The van der Waals surface area contributed by atoms with Crippen molar-refractivity contribution in [1.29, 1.82) is 0 Å². The number of hydrogen-bond acceptors (Lipinski definition) is 6. The van der Waals surface area contributed by atoms with E-state index in [-0.39, 0.29) is 23.6 Å². The van der Waals surface area contributed by atoms with Crippen LogP contribution in [0.4, 0.5) is 16.2 Å². The first kappa shape index (κ1) is 19.8. The van der Waals surface area contributed by atoms with Crippen LogP contribution in [0.3, 0.4) is 0 Å². The Bertz CT molecular complexity index is 663. The number of ether oxygens (including phenoxy) is 2. The summed E-state index contributed by atoms with van der Waals surface area (Å²) in [6, 6.07) is 5.00. The van der Waals surface area contributed by atoms with Gasteiger partial charge in [0.25, 0.3) is 0 Å². The van der Waals surface area contributed by atoms with Gasteiger partial charge in [-0.3, -0.25) is 10.1 Å². The van der Waals surface area contributed by atoms with Gasteiger partial charge >= 0.3 is 11.8 Å². The number of piperidine rings is 1.